The van der Waals surface area contributed by atoms with Gasteiger partial charge in [-0.05, 0) is 67.7 Å². The normalized spacial score (nSPS) is 12.7. The average Bonchev–Trinajstić information content (AvgIpc) is 2.81. The second kappa shape index (κ2) is 13.7. The third kappa shape index (κ3) is 8.31. The Hall–Kier alpha value is -1.75. The topological polar surface area (TPSA) is 41.9 Å². The van der Waals surface area contributed by atoms with Crippen LogP contribution in [-0.2, 0) is 5.41 Å². The number of benzene rings is 2. The Bertz CT molecular complexity index is 755. The summed E-state index contributed by atoms with van der Waals surface area (Å²) >= 11 is 5.61. The summed E-state index contributed by atoms with van der Waals surface area (Å²) in [7, 11) is 0. The van der Waals surface area contributed by atoms with Crippen molar-refractivity contribution >= 4 is 11.6 Å². The van der Waals surface area contributed by atoms with E-state index in [0.29, 0.717) is 0 Å². The highest BCUT2D eigenvalue weighted by atomic mass is 35.5. The van der Waals surface area contributed by atoms with E-state index in [4.69, 9.17) is 21.1 Å². The Labute approximate surface area is 199 Å². The molecule has 0 spiro atoms. The van der Waals surface area contributed by atoms with Crippen molar-refractivity contribution in [1.82, 2.24) is 4.90 Å². The molecule has 2 aromatic rings. The minimum absolute atomic E-state index is 0.145. The maximum Gasteiger partial charge on any atom is 0.119 e. The molecule has 2 rings (SSSR count). The molecule has 178 valence electrons. The summed E-state index contributed by atoms with van der Waals surface area (Å²) in [5.41, 5.74) is 2.28. The largest absolute Gasteiger partial charge is 0.494 e. The van der Waals surface area contributed by atoms with Gasteiger partial charge in [-0.3, -0.25) is 0 Å². The first-order valence-electron chi connectivity index (χ1n) is 11.8. The van der Waals surface area contributed by atoms with Crippen LogP contribution in [0.3, 0.4) is 0 Å². The van der Waals surface area contributed by atoms with Gasteiger partial charge in [0.25, 0.3) is 0 Å². The summed E-state index contributed by atoms with van der Waals surface area (Å²) in [4.78, 5) is 2.52. The second-order valence-corrected chi connectivity index (χ2v) is 9.15. The zero-order chi connectivity index (χ0) is 23.4. The highest BCUT2D eigenvalue weighted by Gasteiger charge is 2.23. The van der Waals surface area contributed by atoms with Gasteiger partial charge < -0.3 is 19.5 Å². The molecule has 0 amide bonds. The number of ether oxygens (including phenoxy) is 2. The van der Waals surface area contributed by atoms with Crippen molar-refractivity contribution in [2.75, 3.05) is 38.7 Å². The van der Waals surface area contributed by atoms with Crippen LogP contribution in [0, 0.1) is 0 Å². The molecule has 0 saturated heterocycles. The molecule has 1 atom stereocenters. The Morgan fingerprint density at radius 1 is 0.844 bits per heavy atom. The van der Waals surface area contributed by atoms with Gasteiger partial charge >= 0.3 is 0 Å². The minimum Gasteiger partial charge on any atom is -0.494 e. The van der Waals surface area contributed by atoms with Crippen LogP contribution < -0.4 is 9.47 Å². The van der Waals surface area contributed by atoms with E-state index in [-0.39, 0.29) is 17.9 Å². The van der Waals surface area contributed by atoms with Gasteiger partial charge in [-0.25, -0.2) is 0 Å². The van der Waals surface area contributed by atoms with Crippen LogP contribution in [0.2, 0.25) is 0 Å². The lowest BCUT2D eigenvalue weighted by atomic mass is 9.78. The van der Waals surface area contributed by atoms with Crippen LogP contribution in [0.15, 0.2) is 48.5 Å². The van der Waals surface area contributed by atoms with E-state index in [1.807, 2.05) is 12.1 Å². The third-order valence-electron chi connectivity index (χ3n) is 5.74. The molecule has 1 N–H and O–H groups in total. The first-order valence-corrected chi connectivity index (χ1v) is 12.4. The molecule has 0 radical (unpaired) electrons. The Kier molecular flexibility index (Phi) is 11.4. The monoisotopic (exact) mass is 461 g/mol. The van der Waals surface area contributed by atoms with E-state index in [2.05, 4.69) is 69.0 Å². The van der Waals surface area contributed by atoms with Gasteiger partial charge in [0.2, 0.25) is 0 Å². The third-order valence-corrected chi connectivity index (χ3v) is 6.10. The first kappa shape index (κ1) is 26.5. The lowest BCUT2D eigenvalue weighted by Crippen LogP contribution is -2.27. The van der Waals surface area contributed by atoms with Crippen LogP contribution in [-0.4, -0.2) is 54.8 Å². The summed E-state index contributed by atoms with van der Waals surface area (Å²) in [6.07, 6.45) is 2.79. The quantitative estimate of drug-likeness (QED) is 0.265. The molecule has 2 aromatic carbocycles. The van der Waals surface area contributed by atoms with Crippen LogP contribution in [0.25, 0.3) is 0 Å². The van der Waals surface area contributed by atoms with Crippen molar-refractivity contribution in [1.29, 1.82) is 0 Å². The van der Waals surface area contributed by atoms with E-state index >= 15 is 0 Å². The van der Waals surface area contributed by atoms with Crippen molar-refractivity contribution in [3.63, 3.8) is 0 Å². The zero-order valence-electron chi connectivity index (χ0n) is 20.1. The maximum atomic E-state index is 9.54. The highest BCUT2D eigenvalue weighted by Crippen LogP contribution is 2.33. The lowest BCUT2D eigenvalue weighted by molar-refractivity contribution is 0.125. The minimum atomic E-state index is -0.653. The number of hydrogen-bond acceptors (Lipinski definition) is 4. The fourth-order valence-corrected chi connectivity index (χ4v) is 3.87. The van der Waals surface area contributed by atoms with Gasteiger partial charge in [-0.2, -0.15) is 0 Å². The number of halogens is 1. The highest BCUT2D eigenvalue weighted by molar-refractivity contribution is 6.18. The van der Waals surface area contributed by atoms with E-state index in [1.165, 1.54) is 37.1 Å². The molecular weight excluding hydrogens is 422 g/mol. The van der Waals surface area contributed by atoms with Gasteiger partial charge in [-0.15, -0.1) is 11.6 Å². The fourth-order valence-electron chi connectivity index (χ4n) is 3.79. The number of nitrogens with zero attached hydrogens (tertiary/aromatic N) is 1. The van der Waals surface area contributed by atoms with Crippen molar-refractivity contribution in [2.45, 2.75) is 58.5 Å². The predicted octanol–water partition coefficient (Wildman–Crippen LogP) is 5.88. The standard InChI is InChI=1S/C27H40ClNO3/c1-5-16-29(17-6-2)18-7-19-31-25-12-8-22(9-13-25)27(3,4)23-10-14-26(15-11-23)32-21-24(30)20-28/h8-15,24,30H,5-7,16-21H2,1-4H3. The number of hydrogen-bond donors (Lipinski definition) is 1. The van der Waals surface area contributed by atoms with Gasteiger partial charge in [0, 0.05) is 12.0 Å². The fraction of sp³-hybridized carbons (Fsp3) is 0.556. The van der Waals surface area contributed by atoms with Crippen molar-refractivity contribution in [2.24, 2.45) is 0 Å². The summed E-state index contributed by atoms with van der Waals surface area (Å²) in [6.45, 7) is 13.3. The molecule has 0 bridgehead atoms. The summed E-state index contributed by atoms with van der Waals surface area (Å²) in [5.74, 6) is 1.82. The number of aliphatic hydroxyl groups is 1. The molecule has 0 heterocycles. The van der Waals surface area contributed by atoms with Gasteiger partial charge in [0.15, 0.2) is 0 Å². The van der Waals surface area contributed by atoms with Crippen molar-refractivity contribution in [3.05, 3.63) is 59.7 Å². The molecule has 0 aliphatic rings. The van der Waals surface area contributed by atoms with Crippen molar-refractivity contribution < 1.29 is 14.6 Å². The average molecular weight is 462 g/mol. The summed E-state index contributed by atoms with van der Waals surface area (Å²) < 4.78 is 11.6. The van der Waals surface area contributed by atoms with E-state index in [0.717, 1.165) is 31.1 Å². The number of rotatable bonds is 15. The molecule has 0 fully saturated rings. The molecule has 0 aliphatic heterocycles. The SMILES string of the molecule is CCCN(CCC)CCCOc1ccc(C(C)(C)c2ccc(OCC(O)CCl)cc2)cc1. The van der Waals surface area contributed by atoms with E-state index in [1.54, 1.807) is 0 Å². The van der Waals surface area contributed by atoms with Gasteiger partial charge in [0.05, 0.1) is 12.5 Å². The predicted molar refractivity (Wildman–Crippen MR) is 134 cm³/mol. The van der Waals surface area contributed by atoms with Crippen molar-refractivity contribution in [3.8, 4) is 11.5 Å². The number of aliphatic hydroxyl groups excluding tert-OH is 1. The zero-order valence-corrected chi connectivity index (χ0v) is 20.9. The molecule has 32 heavy (non-hydrogen) atoms. The van der Waals surface area contributed by atoms with E-state index in [9.17, 15) is 5.11 Å². The molecule has 0 saturated carbocycles. The van der Waals surface area contributed by atoms with Gasteiger partial charge in [-0.1, -0.05) is 52.0 Å². The van der Waals surface area contributed by atoms with Crippen LogP contribution in [0.1, 0.15) is 58.1 Å². The maximum absolute atomic E-state index is 9.54. The van der Waals surface area contributed by atoms with Crippen LogP contribution >= 0.6 is 11.6 Å². The summed E-state index contributed by atoms with van der Waals surface area (Å²) in [5, 5.41) is 9.54. The Morgan fingerprint density at radius 3 is 1.81 bits per heavy atom. The van der Waals surface area contributed by atoms with Crippen LogP contribution in [0.4, 0.5) is 0 Å². The molecule has 0 aromatic heterocycles. The smallest absolute Gasteiger partial charge is 0.119 e. The molecule has 5 heteroatoms. The first-order chi connectivity index (χ1) is 15.4. The Morgan fingerprint density at radius 2 is 1.34 bits per heavy atom. The Balaban J connectivity index is 1.89. The second-order valence-electron chi connectivity index (χ2n) is 8.84. The molecule has 1 unspecified atom stereocenters. The summed E-state index contributed by atoms with van der Waals surface area (Å²) in [6, 6.07) is 16.5. The molecule has 0 aliphatic carbocycles. The molecular formula is C27H40ClNO3. The van der Waals surface area contributed by atoms with Gasteiger partial charge in [0.1, 0.15) is 24.2 Å². The molecule has 4 nitrogen and oxygen atoms in total. The number of alkyl halides is 1. The van der Waals surface area contributed by atoms with Crippen LogP contribution in [0.5, 0.6) is 11.5 Å². The van der Waals surface area contributed by atoms with E-state index < -0.39 is 6.10 Å². The lowest BCUT2D eigenvalue weighted by Gasteiger charge is -2.26.